The van der Waals surface area contributed by atoms with Crippen LogP contribution in [-0.4, -0.2) is 12.1 Å². The zero-order valence-electron chi connectivity index (χ0n) is 18.3. The average molecular weight is 579 g/mol. The molecule has 1 amide bonds. The zero-order chi connectivity index (χ0) is 25.1. The van der Waals surface area contributed by atoms with Crippen molar-refractivity contribution in [2.24, 2.45) is 0 Å². The average Bonchev–Trinajstić information content (AvgIpc) is 2.86. The number of amides is 1. The number of carbonyl (C=O) groups is 1. The second-order valence-corrected chi connectivity index (χ2v) is 13.2. The van der Waals surface area contributed by atoms with Crippen LogP contribution in [0.5, 0.6) is 0 Å². The third-order valence-electron chi connectivity index (χ3n) is 5.91. The van der Waals surface area contributed by atoms with Crippen LogP contribution in [-0.2, 0) is 11.0 Å². The molecule has 4 rings (SSSR count). The van der Waals surface area contributed by atoms with Crippen molar-refractivity contribution in [2.75, 3.05) is 5.32 Å². The molecule has 35 heavy (non-hydrogen) atoms. The van der Waals surface area contributed by atoms with E-state index in [4.69, 9.17) is 11.6 Å². The van der Waals surface area contributed by atoms with Crippen LogP contribution in [0.4, 0.5) is 18.9 Å². The summed E-state index contributed by atoms with van der Waals surface area (Å²) in [5.74, 6) is -2.04. The van der Waals surface area contributed by atoms with Crippen molar-refractivity contribution in [1.29, 1.82) is 0 Å². The summed E-state index contributed by atoms with van der Waals surface area (Å²) >= 11 is 9.65. The van der Waals surface area contributed by atoms with Crippen LogP contribution in [0.2, 0.25) is 5.02 Å². The molecule has 0 saturated carbocycles. The van der Waals surface area contributed by atoms with Gasteiger partial charge in [0.25, 0.3) is 0 Å². The predicted molar refractivity (Wildman–Crippen MR) is 144 cm³/mol. The molecule has 0 aliphatic carbocycles. The van der Waals surface area contributed by atoms with Crippen molar-refractivity contribution in [1.82, 2.24) is 0 Å². The number of nitrogens with one attached hydrogen (secondary N) is 1. The number of halogens is 5. The molecule has 0 heterocycles. The first-order chi connectivity index (χ1) is 16.7. The standard InChI is InChI=1S/C27H21BrClF3NOP/c28-23-16-19(25(17-24(23)29)33-26(34)27(30,31)32)18-35(20-10-4-1-5-11-20,21-12-6-2-7-13-21)22-14-8-3-9-15-22/h1-17,35H,18H2,(H,33,34). The first kappa shape index (κ1) is 25.4. The second-order valence-electron chi connectivity index (χ2n) is 8.06. The van der Waals surface area contributed by atoms with Crippen molar-refractivity contribution in [3.8, 4) is 0 Å². The van der Waals surface area contributed by atoms with E-state index in [1.165, 1.54) is 6.07 Å². The van der Waals surface area contributed by atoms with Gasteiger partial charge in [-0.05, 0) is 0 Å². The topological polar surface area (TPSA) is 29.1 Å². The summed E-state index contributed by atoms with van der Waals surface area (Å²) < 4.78 is 39.9. The molecule has 0 aromatic heterocycles. The van der Waals surface area contributed by atoms with E-state index >= 15 is 0 Å². The van der Waals surface area contributed by atoms with Gasteiger partial charge in [0.1, 0.15) is 0 Å². The molecule has 4 aromatic rings. The molecule has 180 valence electrons. The Morgan fingerprint density at radius 3 is 1.63 bits per heavy atom. The summed E-state index contributed by atoms with van der Waals surface area (Å²) in [5, 5.41) is 5.54. The molecule has 1 N–H and O–H groups in total. The number of benzene rings is 4. The molecule has 0 saturated heterocycles. The second kappa shape index (κ2) is 10.5. The Morgan fingerprint density at radius 1 is 0.800 bits per heavy atom. The van der Waals surface area contributed by atoms with Crippen LogP contribution in [0.25, 0.3) is 0 Å². The van der Waals surface area contributed by atoms with E-state index in [-0.39, 0.29) is 10.7 Å². The van der Waals surface area contributed by atoms with Crippen LogP contribution in [0.15, 0.2) is 108 Å². The first-order valence-electron chi connectivity index (χ1n) is 10.7. The molecule has 0 spiro atoms. The number of hydrogen-bond donors (Lipinski definition) is 1. The van der Waals surface area contributed by atoms with Crippen LogP contribution in [0.3, 0.4) is 0 Å². The number of rotatable bonds is 6. The van der Waals surface area contributed by atoms with Crippen molar-refractivity contribution >= 4 is 62.3 Å². The van der Waals surface area contributed by atoms with Gasteiger partial charge in [-0.25, -0.2) is 0 Å². The Hall–Kier alpha value is -2.66. The molecule has 2 nitrogen and oxygen atoms in total. The molecule has 0 unspecified atom stereocenters. The molecule has 0 radical (unpaired) electrons. The molecule has 4 aromatic carbocycles. The number of hydrogen-bond acceptors (Lipinski definition) is 1. The van der Waals surface area contributed by atoms with Crippen LogP contribution >= 0.6 is 34.8 Å². The monoisotopic (exact) mass is 577 g/mol. The first-order valence-corrected chi connectivity index (χ1v) is 14.1. The Balaban J connectivity index is 1.98. The molecule has 0 bridgehead atoms. The maximum atomic E-state index is 13.1. The van der Waals surface area contributed by atoms with Crippen LogP contribution in [0.1, 0.15) is 5.56 Å². The van der Waals surface area contributed by atoms with Gasteiger partial charge in [0.15, 0.2) is 0 Å². The summed E-state index contributed by atoms with van der Waals surface area (Å²) in [6.07, 6.45) is -4.63. The number of carbonyl (C=O) groups excluding carboxylic acids is 1. The third-order valence-corrected chi connectivity index (χ3v) is 12.0. The molecule has 0 aliphatic rings. The van der Waals surface area contributed by atoms with Crippen molar-refractivity contribution in [3.63, 3.8) is 0 Å². The van der Waals surface area contributed by atoms with Gasteiger partial charge in [0, 0.05) is 0 Å². The van der Waals surface area contributed by atoms with Crippen molar-refractivity contribution < 1.29 is 18.0 Å². The fourth-order valence-electron chi connectivity index (χ4n) is 4.30. The molecular weight excluding hydrogens is 558 g/mol. The Labute approximate surface area is 215 Å². The van der Waals surface area contributed by atoms with Crippen LogP contribution < -0.4 is 21.2 Å². The van der Waals surface area contributed by atoms with Gasteiger partial charge < -0.3 is 0 Å². The Kier molecular flexibility index (Phi) is 7.65. The zero-order valence-corrected chi connectivity index (χ0v) is 21.7. The van der Waals surface area contributed by atoms with Gasteiger partial charge >= 0.3 is 216 Å². The summed E-state index contributed by atoms with van der Waals surface area (Å²) in [5.41, 5.74) is 0.599. The minimum atomic E-state index is -5.02. The van der Waals surface area contributed by atoms with Crippen molar-refractivity contribution in [3.05, 3.63) is 118 Å². The van der Waals surface area contributed by atoms with E-state index in [1.54, 1.807) is 6.07 Å². The van der Waals surface area contributed by atoms with Gasteiger partial charge in [-0.15, -0.1) is 0 Å². The minimum absolute atomic E-state index is 0.0418. The van der Waals surface area contributed by atoms with Gasteiger partial charge in [-0.1, -0.05) is 0 Å². The van der Waals surface area contributed by atoms with Gasteiger partial charge in [0.2, 0.25) is 0 Å². The van der Waals surface area contributed by atoms with E-state index in [2.05, 4.69) is 52.3 Å². The van der Waals surface area contributed by atoms with E-state index < -0.39 is 19.3 Å². The Morgan fingerprint density at radius 2 is 1.23 bits per heavy atom. The summed E-state index contributed by atoms with van der Waals surface area (Å²) in [6.45, 7) is 0. The fraction of sp³-hybridized carbons (Fsp3) is 0.0741. The fourth-order valence-corrected chi connectivity index (χ4v) is 9.62. The molecule has 0 aliphatic heterocycles. The van der Waals surface area contributed by atoms with E-state index in [0.717, 1.165) is 15.9 Å². The van der Waals surface area contributed by atoms with Crippen LogP contribution in [0, 0.1) is 0 Å². The Bertz CT molecular complexity index is 1220. The predicted octanol–water partition coefficient (Wildman–Crippen LogP) is 6.83. The quantitative estimate of drug-likeness (QED) is 0.250. The number of anilines is 1. The molecule has 8 heteroatoms. The van der Waals surface area contributed by atoms with E-state index in [0.29, 0.717) is 16.2 Å². The van der Waals surface area contributed by atoms with E-state index in [1.807, 2.05) is 59.9 Å². The number of alkyl halides is 3. The third kappa shape index (κ3) is 5.45. The maximum absolute atomic E-state index is 13.1. The van der Waals surface area contributed by atoms with Gasteiger partial charge in [-0.2, -0.15) is 0 Å². The molecular formula is C27H21BrClF3NOP. The summed E-state index contributed by atoms with van der Waals surface area (Å²) in [4.78, 5) is 11.9. The van der Waals surface area contributed by atoms with E-state index in [9.17, 15) is 18.0 Å². The summed E-state index contributed by atoms with van der Waals surface area (Å²) in [6, 6.07) is 33.0. The SMILES string of the molecule is O=C(Nc1cc(Cl)c(Br)cc1C[PH](c1ccccc1)(c1ccccc1)c1ccccc1)C(F)(F)F. The van der Waals surface area contributed by atoms with Gasteiger partial charge in [0.05, 0.1) is 0 Å². The molecule has 0 atom stereocenters. The normalized spacial score (nSPS) is 12.3. The van der Waals surface area contributed by atoms with Gasteiger partial charge in [-0.3, -0.25) is 0 Å². The molecule has 0 fully saturated rings. The summed E-state index contributed by atoms with van der Waals surface area (Å²) in [7, 11) is -2.83. The van der Waals surface area contributed by atoms with Crippen molar-refractivity contribution in [2.45, 2.75) is 12.3 Å².